The number of halogens is 1. The van der Waals surface area contributed by atoms with Crippen LogP contribution < -0.4 is 0 Å². The summed E-state index contributed by atoms with van der Waals surface area (Å²) in [5.74, 6) is 0.234. The van der Waals surface area contributed by atoms with Crippen molar-refractivity contribution >= 4 is 38.4 Å². The molecular weight excluding hydrogens is 394 g/mol. The zero-order valence-electron chi connectivity index (χ0n) is 14.7. The van der Waals surface area contributed by atoms with Crippen LogP contribution in [0.5, 0.6) is 0 Å². The summed E-state index contributed by atoms with van der Waals surface area (Å²) in [6.45, 7) is 5.39. The first-order valence-electron chi connectivity index (χ1n) is 8.70. The smallest absolute Gasteiger partial charge is 0.275 e. The number of carbonyl (C=O) groups is 1. The third kappa shape index (κ3) is 2.86. The summed E-state index contributed by atoms with van der Waals surface area (Å²) in [5, 5.41) is 8.32. The molecule has 2 N–H and O–H groups in total. The molecule has 0 radical (unpaired) electrons. The number of nitrogens with one attached hydrogen (secondary N) is 2. The molecule has 1 aliphatic rings. The number of aromatic nitrogens is 4. The van der Waals surface area contributed by atoms with Gasteiger partial charge in [-0.2, -0.15) is 5.10 Å². The van der Waals surface area contributed by atoms with Crippen molar-refractivity contribution in [2.75, 3.05) is 13.1 Å². The second-order valence-electron chi connectivity index (χ2n) is 6.79. The van der Waals surface area contributed by atoms with Crippen LogP contribution in [0.15, 0.2) is 35.1 Å². The molecule has 26 heavy (non-hydrogen) atoms. The van der Waals surface area contributed by atoms with E-state index in [2.05, 4.69) is 62.1 Å². The molecule has 1 amide bonds. The second kappa shape index (κ2) is 6.72. The predicted octanol–water partition coefficient (Wildman–Crippen LogP) is 4.10. The molecule has 0 saturated heterocycles. The number of carbonyl (C=O) groups excluding carboxylic acids is 1. The van der Waals surface area contributed by atoms with Crippen molar-refractivity contribution in [3.05, 3.63) is 52.0 Å². The molecule has 3 aromatic heterocycles. The summed E-state index contributed by atoms with van der Waals surface area (Å²) in [4.78, 5) is 22.2. The summed E-state index contributed by atoms with van der Waals surface area (Å²) in [7, 11) is 0. The minimum absolute atomic E-state index is 0.0454. The highest BCUT2D eigenvalue weighted by Gasteiger charge is 2.26. The Morgan fingerprint density at radius 1 is 1.38 bits per heavy atom. The van der Waals surface area contributed by atoms with Gasteiger partial charge < -0.3 is 9.88 Å². The molecule has 7 heteroatoms. The van der Waals surface area contributed by atoms with Crippen LogP contribution in [0.2, 0.25) is 0 Å². The van der Waals surface area contributed by atoms with Crippen LogP contribution in [0.4, 0.5) is 0 Å². The van der Waals surface area contributed by atoms with Gasteiger partial charge in [0.05, 0.1) is 10.2 Å². The Bertz CT molecular complexity index is 1000. The van der Waals surface area contributed by atoms with Crippen molar-refractivity contribution in [3.8, 4) is 0 Å². The van der Waals surface area contributed by atoms with E-state index < -0.39 is 0 Å². The fourth-order valence-corrected chi connectivity index (χ4v) is 4.14. The molecule has 0 aromatic carbocycles. The van der Waals surface area contributed by atoms with Gasteiger partial charge in [0.25, 0.3) is 5.91 Å². The topological polar surface area (TPSA) is 77.7 Å². The number of H-pyrrole nitrogens is 2. The molecule has 3 aromatic rings. The number of rotatable bonds is 3. The zero-order valence-corrected chi connectivity index (χ0v) is 16.3. The molecule has 1 aliphatic heterocycles. The number of amides is 1. The monoisotopic (exact) mass is 413 g/mol. The first-order valence-corrected chi connectivity index (χ1v) is 9.50. The van der Waals surface area contributed by atoms with Gasteiger partial charge >= 0.3 is 0 Å². The lowest BCUT2D eigenvalue weighted by Gasteiger charge is -2.26. The van der Waals surface area contributed by atoms with E-state index in [1.165, 1.54) is 11.1 Å². The van der Waals surface area contributed by atoms with Gasteiger partial charge in [0.2, 0.25) is 0 Å². The van der Waals surface area contributed by atoms with E-state index in [4.69, 9.17) is 0 Å². The van der Waals surface area contributed by atoms with E-state index in [1.54, 1.807) is 6.20 Å². The third-order valence-electron chi connectivity index (χ3n) is 4.81. The Labute approximate surface area is 159 Å². The van der Waals surface area contributed by atoms with Gasteiger partial charge in [-0.05, 0) is 46.0 Å². The van der Waals surface area contributed by atoms with Gasteiger partial charge in [0.15, 0.2) is 5.69 Å². The Kier molecular flexibility index (Phi) is 4.40. The number of hydrogen-bond donors (Lipinski definition) is 2. The maximum atomic E-state index is 12.8. The first-order chi connectivity index (χ1) is 12.6. The molecule has 0 bridgehead atoms. The average molecular weight is 414 g/mol. The molecule has 6 nitrogen and oxygen atoms in total. The van der Waals surface area contributed by atoms with Crippen LogP contribution in [-0.4, -0.2) is 44.1 Å². The third-order valence-corrected chi connectivity index (χ3v) is 5.61. The first kappa shape index (κ1) is 17.0. The van der Waals surface area contributed by atoms with Crippen molar-refractivity contribution in [1.29, 1.82) is 0 Å². The van der Waals surface area contributed by atoms with Crippen molar-refractivity contribution in [2.45, 2.75) is 26.2 Å². The van der Waals surface area contributed by atoms with Gasteiger partial charge in [-0.1, -0.05) is 19.9 Å². The summed E-state index contributed by atoms with van der Waals surface area (Å²) in [6, 6.07) is 4.01. The van der Waals surface area contributed by atoms with E-state index in [0.29, 0.717) is 18.8 Å². The molecule has 0 fully saturated rings. The van der Waals surface area contributed by atoms with Crippen LogP contribution >= 0.6 is 15.9 Å². The Morgan fingerprint density at radius 2 is 2.23 bits per heavy atom. The Balaban J connectivity index is 1.55. The molecule has 4 heterocycles. The molecule has 0 saturated carbocycles. The van der Waals surface area contributed by atoms with E-state index in [9.17, 15) is 4.79 Å². The SMILES string of the molecule is CC(C)c1[nH]nc(C(=O)N2CC=C(c3c[nH]c4ncccc34)CC2)c1Br. The highest BCUT2D eigenvalue weighted by Crippen LogP contribution is 2.30. The van der Waals surface area contributed by atoms with Gasteiger partial charge in [-0.25, -0.2) is 4.98 Å². The van der Waals surface area contributed by atoms with E-state index in [-0.39, 0.29) is 11.8 Å². The molecule has 0 atom stereocenters. The highest BCUT2D eigenvalue weighted by atomic mass is 79.9. The molecule has 4 rings (SSSR count). The largest absolute Gasteiger partial charge is 0.346 e. The quantitative estimate of drug-likeness (QED) is 0.678. The van der Waals surface area contributed by atoms with Gasteiger partial charge in [-0.3, -0.25) is 9.89 Å². The Morgan fingerprint density at radius 3 is 2.92 bits per heavy atom. The second-order valence-corrected chi connectivity index (χ2v) is 7.58. The lowest BCUT2D eigenvalue weighted by Crippen LogP contribution is -2.35. The van der Waals surface area contributed by atoms with Crippen molar-refractivity contribution in [3.63, 3.8) is 0 Å². The van der Waals surface area contributed by atoms with Crippen LogP contribution in [0, 0.1) is 0 Å². The van der Waals surface area contributed by atoms with Gasteiger partial charge in [-0.15, -0.1) is 0 Å². The maximum Gasteiger partial charge on any atom is 0.275 e. The summed E-state index contributed by atoms with van der Waals surface area (Å²) < 4.78 is 0.773. The maximum absolute atomic E-state index is 12.8. The lowest BCUT2D eigenvalue weighted by molar-refractivity contribution is 0.0766. The standard InChI is InChI=1S/C19H20BrN5O/c1-11(2)16-15(20)17(24-23-16)19(26)25-8-5-12(6-9-25)14-10-22-18-13(14)4-3-7-21-18/h3-5,7,10-11H,6,8-9H2,1-2H3,(H,21,22)(H,23,24). The summed E-state index contributed by atoms with van der Waals surface area (Å²) in [5.41, 5.74) is 4.72. The molecule has 0 aliphatic carbocycles. The normalized spacial score (nSPS) is 14.9. The van der Waals surface area contributed by atoms with Crippen LogP contribution in [0.3, 0.4) is 0 Å². The van der Waals surface area contributed by atoms with Gasteiger partial charge in [0, 0.05) is 36.4 Å². The molecular formula is C19H20BrN5O. The number of hydrogen-bond acceptors (Lipinski definition) is 3. The molecule has 134 valence electrons. The fraction of sp³-hybridized carbons (Fsp3) is 0.316. The lowest BCUT2D eigenvalue weighted by atomic mass is 9.99. The van der Waals surface area contributed by atoms with Crippen LogP contribution in [0.1, 0.15) is 47.9 Å². The highest BCUT2D eigenvalue weighted by molar-refractivity contribution is 9.10. The minimum atomic E-state index is -0.0454. The van der Waals surface area contributed by atoms with Gasteiger partial charge in [0.1, 0.15) is 5.65 Å². The van der Waals surface area contributed by atoms with Crippen LogP contribution in [0.25, 0.3) is 16.6 Å². The van der Waals surface area contributed by atoms with Crippen molar-refractivity contribution in [2.24, 2.45) is 0 Å². The number of aromatic amines is 2. The number of pyridine rings is 1. The summed E-state index contributed by atoms with van der Waals surface area (Å²) in [6.07, 6.45) is 6.72. The fourth-order valence-electron chi connectivity index (χ4n) is 3.34. The van der Waals surface area contributed by atoms with Crippen molar-refractivity contribution in [1.82, 2.24) is 25.1 Å². The minimum Gasteiger partial charge on any atom is -0.346 e. The Hall–Kier alpha value is -2.41. The van der Waals surface area contributed by atoms with Crippen LogP contribution in [-0.2, 0) is 0 Å². The van der Waals surface area contributed by atoms with Crippen molar-refractivity contribution < 1.29 is 4.79 Å². The predicted molar refractivity (Wildman–Crippen MR) is 105 cm³/mol. The molecule has 0 spiro atoms. The zero-order chi connectivity index (χ0) is 18.3. The summed E-state index contributed by atoms with van der Waals surface area (Å²) >= 11 is 3.52. The van der Waals surface area contributed by atoms with E-state index >= 15 is 0 Å². The number of nitrogens with zero attached hydrogens (tertiary/aromatic N) is 3. The number of fused-ring (bicyclic) bond motifs is 1. The average Bonchev–Trinajstić information content (AvgIpc) is 3.25. The van der Waals surface area contributed by atoms with E-state index in [1.807, 2.05) is 17.2 Å². The molecule has 0 unspecified atom stereocenters. The van der Waals surface area contributed by atoms with E-state index in [0.717, 1.165) is 27.6 Å².